The number of aliphatic hydroxyl groups excluding tert-OH is 1. The lowest BCUT2D eigenvalue weighted by Crippen LogP contribution is -2.30. The number of phosphoric acid groups is 2. The van der Waals surface area contributed by atoms with E-state index in [0.717, 1.165) is 102 Å². The molecule has 3 N–H and O–H groups in total. The van der Waals surface area contributed by atoms with Crippen LogP contribution in [0.25, 0.3) is 0 Å². The summed E-state index contributed by atoms with van der Waals surface area (Å²) in [6.45, 7) is 9.73. The van der Waals surface area contributed by atoms with Crippen LogP contribution < -0.4 is 0 Å². The van der Waals surface area contributed by atoms with Crippen molar-refractivity contribution in [2.45, 2.75) is 503 Å². The number of hydrogen-bond acceptors (Lipinski definition) is 15. The van der Waals surface area contributed by atoms with Crippen LogP contribution in [0.15, 0.2) is 0 Å². The smallest absolute Gasteiger partial charge is 0.462 e. The molecule has 0 bridgehead atoms. The number of esters is 4. The van der Waals surface area contributed by atoms with E-state index in [1.807, 2.05) is 0 Å². The molecule has 0 fully saturated rings. The fraction of sp³-hybridized carbons (Fsp3) is 0.956. The van der Waals surface area contributed by atoms with Crippen molar-refractivity contribution >= 4 is 39.5 Å². The van der Waals surface area contributed by atoms with Gasteiger partial charge in [0.1, 0.15) is 19.3 Å². The number of phosphoric ester groups is 2. The van der Waals surface area contributed by atoms with Gasteiger partial charge < -0.3 is 33.8 Å². The molecule has 6 atom stereocenters. The molecule has 0 aliphatic rings. The lowest BCUT2D eigenvalue weighted by Gasteiger charge is -2.21. The molecule has 3 unspecified atom stereocenters. The van der Waals surface area contributed by atoms with Gasteiger partial charge in [-0.2, -0.15) is 0 Å². The molecule has 0 aliphatic heterocycles. The van der Waals surface area contributed by atoms with E-state index in [0.29, 0.717) is 25.7 Å². The predicted octanol–water partition coefficient (Wildman–Crippen LogP) is 27.8. The second-order valence-electron chi connectivity index (χ2n) is 33.1. The molecule has 19 heteroatoms. The van der Waals surface area contributed by atoms with E-state index in [-0.39, 0.29) is 25.7 Å². The Morgan fingerprint density at radius 3 is 0.697 bits per heavy atom. The summed E-state index contributed by atoms with van der Waals surface area (Å²) in [6.07, 6.45) is 75.0. The maximum absolute atomic E-state index is 13.2. The van der Waals surface area contributed by atoms with Gasteiger partial charge in [-0.15, -0.1) is 0 Å². The van der Waals surface area contributed by atoms with Gasteiger partial charge in [0.15, 0.2) is 12.2 Å². The van der Waals surface area contributed by atoms with Gasteiger partial charge in [0.05, 0.1) is 26.4 Å². The van der Waals surface area contributed by atoms with E-state index >= 15 is 0 Å². The average molecular weight is 1590 g/mol. The third kappa shape index (κ3) is 82.4. The van der Waals surface area contributed by atoms with Crippen molar-refractivity contribution in [3.63, 3.8) is 0 Å². The molecule has 0 aromatic rings. The van der Waals surface area contributed by atoms with Gasteiger partial charge in [0, 0.05) is 25.7 Å². The summed E-state index contributed by atoms with van der Waals surface area (Å²) in [4.78, 5) is 73.4. The van der Waals surface area contributed by atoms with E-state index in [4.69, 9.17) is 37.0 Å². The molecule has 17 nitrogen and oxygen atoms in total. The largest absolute Gasteiger partial charge is 0.472 e. The number of carbonyl (C=O) groups excluding carboxylic acids is 4. The van der Waals surface area contributed by atoms with E-state index in [1.165, 1.54) is 302 Å². The minimum absolute atomic E-state index is 0.109. The normalized spacial score (nSPS) is 14.0. The van der Waals surface area contributed by atoms with Gasteiger partial charge in [-0.05, 0) is 37.5 Å². The van der Waals surface area contributed by atoms with E-state index in [1.54, 1.807) is 0 Å². The zero-order valence-corrected chi connectivity index (χ0v) is 73.7. The standard InChI is InChI=1S/C90H176O17P2/c1-7-10-12-14-16-18-20-22-24-26-28-30-35-39-43-47-54-60-66-72-87(92)100-78-85(106-89(94)74-69-63-57-49-45-41-37-33-32-34-38-42-46-52-58-64-70-82(4)5)80-104-108(96,97)102-76-84(91)77-103-109(98,99)105-81-86(79-101-88(93)73-67-61-55-51-50-53-59-65-71-83(6)9-3)107-90(95)75-68-62-56-48-44-40-36-31-29-27-25-23-21-19-17-15-13-11-8-2/h82-86,91H,7-81H2,1-6H3,(H,96,97)(H,98,99)/t83?,84-,85-,86-/m1/s1. The number of rotatable bonds is 89. The molecule has 0 radical (unpaired) electrons. The van der Waals surface area contributed by atoms with Gasteiger partial charge in [-0.1, -0.05) is 433 Å². The summed E-state index contributed by atoms with van der Waals surface area (Å²) < 4.78 is 69.1. The highest BCUT2D eigenvalue weighted by atomic mass is 31.2. The Bertz CT molecular complexity index is 2080. The second kappa shape index (κ2) is 81.2. The highest BCUT2D eigenvalue weighted by molar-refractivity contribution is 7.47. The molecule has 0 heterocycles. The van der Waals surface area contributed by atoms with Crippen LogP contribution in [-0.4, -0.2) is 96.7 Å². The van der Waals surface area contributed by atoms with Crippen molar-refractivity contribution in [1.82, 2.24) is 0 Å². The SMILES string of the molecule is CCCCCCCCCCCCCCCCCCCCCC(=O)OC[C@H](COP(=O)(O)OC[C@@H](O)COP(=O)(O)OC[C@@H](COC(=O)CCCCCCCCCCC(C)CC)OC(=O)CCCCCCCCCCCCCCCCCCCCC)OC(=O)CCCCCCCCCCCCCCCCCCC(C)C. The fourth-order valence-corrected chi connectivity index (χ4v) is 15.7. The van der Waals surface area contributed by atoms with E-state index in [2.05, 4.69) is 41.5 Å². The maximum Gasteiger partial charge on any atom is 0.472 e. The summed E-state index contributed by atoms with van der Waals surface area (Å²) in [5.41, 5.74) is 0. The molecule has 0 rings (SSSR count). The van der Waals surface area contributed by atoms with Crippen molar-refractivity contribution in [3.05, 3.63) is 0 Å². The quantitative estimate of drug-likeness (QED) is 0.0222. The molecular weight excluding hydrogens is 1410 g/mol. The van der Waals surface area contributed by atoms with Crippen LogP contribution in [0.4, 0.5) is 0 Å². The van der Waals surface area contributed by atoms with Gasteiger partial charge in [0.25, 0.3) is 0 Å². The zero-order chi connectivity index (χ0) is 79.9. The molecule has 0 aliphatic carbocycles. The topological polar surface area (TPSA) is 237 Å². The summed E-state index contributed by atoms with van der Waals surface area (Å²) in [6, 6.07) is 0. The number of carbonyl (C=O) groups is 4. The van der Waals surface area contributed by atoms with Crippen LogP contribution in [0, 0.1) is 11.8 Å². The van der Waals surface area contributed by atoms with Gasteiger partial charge in [0.2, 0.25) is 0 Å². The average Bonchev–Trinajstić information content (AvgIpc) is 0.898. The third-order valence-electron chi connectivity index (χ3n) is 21.6. The Balaban J connectivity index is 5.25. The number of ether oxygens (including phenoxy) is 4. The van der Waals surface area contributed by atoms with E-state index in [9.17, 15) is 43.2 Å². The van der Waals surface area contributed by atoms with Gasteiger partial charge >= 0.3 is 39.5 Å². The highest BCUT2D eigenvalue weighted by Gasteiger charge is 2.31. The van der Waals surface area contributed by atoms with Crippen LogP contribution in [0.5, 0.6) is 0 Å². The first kappa shape index (κ1) is 107. The molecule has 0 amide bonds. The van der Waals surface area contributed by atoms with Crippen LogP contribution in [0.2, 0.25) is 0 Å². The van der Waals surface area contributed by atoms with Crippen LogP contribution in [0.1, 0.15) is 485 Å². The van der Waals surface area contributed by atoms with Gasteiger partial charge in [-0.3, -0.25) is 37.3 Å². The Kier molecular flexibility index (Phi) is 79.8. The minimum atomic E-state index is -4.97. The summed E-state index contributed by atoms with van der Waals surface area (Å²) in [5.74, 6) is -0.510. The molecule has 0 saturated heterocycles. The Labute approximate surface area is 670 Å². The molecular formula is C90H176O17P2. The van der Waals surface area contributed by atoms with Crippen molar-refractivity contribution in [3.8, 4) is 0 Å². The maximum atomic E-state index is 13.2. The summed E-state index contributed by atoms with van der Waals surface area (Å²) in [5, 5.41) is 10.7. The minimum Gasteiger partial charge on any atom is -0.462 e. The first-order valence-electron chi connectivity index (χ1n) is 46.5. The monoisotopic (exact) mass is 1590 g/mol. The molecule has 0 spiro atoms. The predicted molar refractivity (Wildman–Crippen MR) is 451 cm³/mol. The first-order valence-corrected chi connectivity index (χ1v) is 49.5. The van der Waals surface area contributed by atoms with Crippen molar-refractivity contribution in [1.29, 1.82) is 0 Å². The molecule has 0 aromatic heterocycles. The molecule has 0 saturated carbocycles. The Hall–Kier alpha value is -1.94. The highest BCUT2D eigenvalue weighted by Crippen LogP contribution is 2.45. The summed E-state index contributed by atoms with van der Waals surface area (Å²) >= 11 is 0. The zero-order valence-electron chi connectivity index (χ0n) is 71.9. The molecule has 0 aromatic carbocycles. The number of unbranched alkanes of at least 4 members (excludes halogenated alkanes) is 58. The summed E-state index contributed by atoms with van der Waals surface area (Å²) in [7, 11) is -9.94. The van der Waals surface area contributed by atoms with Crippen molar-refractivity contribution in [2.24, 2.45) is 11.8 Å². The van der Waals surface area contributed by atoms with Crippen molar-refractivity contribution in [2.75, 3.05) is 39.6 Å². The number of aliphatic hydroxyl groups is 1. The first-order chi connectivity index (χ1) is 52.9. The van der Waals surface area contributed by atoms with Crippen LogP contribution in [-0.2, 0) is 65.4 Å². The lowest BCUT2D eigenvalue weighted by atomic mass is 9.99. The van der Waals surface area contributed by atoms with Crippen LogP contribution >= 0.6 is 15.6 Å². The fourth-order valence-electron chi connectivity index (χ4n) is 14.1. The second-order valence-corrected chi connectivity index (χ2v) is 36.0. The Morgan fingerprint density at radius 1 is 0.266 bits per heavy atom. The Morgan fingerprint density at radius 2 is 0.468 bits per heavy atom. The van der Waals surface area contributed by atoms with Gasteiger partial charge in [-0.25, -0.2) is 9.13 Å². The molecule has 109 heavy (non-hydrogen) atoms. The van der Waals surface area contributed by atoms with Crippen molar-refractivity contribution < 1.29 is 80.2 Å². The lowest BCUT2D eigenvalue weighted by molar-refractivity contribution is -0.161. The number of hydrogen-bond donors (Lipinski definition) is 3. The molecule has 648 valence electrons. The van der Waals surface area contributed by atoms with Crippen LogP contribution in [0.3, 0.4) is 0 Å². The van der Waals surface area contributed by atoms with E-state index < -0.39 is 97.5 Å². The third-order valence-corrected chi connectivity index (χ3v) is 23.5.